The molecule has 5 nitrogen and oxygen atoms in total. The minimum atomic E-state index is -0.899. The summed E-state index contributed by atoms with van der Waals surface area (Å²) in [5.74, 6) is -0.255. The van der Waals surface area contributed by atoms with E-state index in [-0.39, 0.29) is 12.5 Å². The van der Waals surface area contributed by atoms with Crippen molar-refractivity contribution < 1.29 is 14.7 Å². The van der Waals surface area contributed by atoms with Gasteiger partial charge in [-0.15, -0.1) is 0 Å². The molecule has 5 heteroatoms. The maximum absolute atomic E-state index is 12.1. The van der Waals surface area contributed by atoms with Crippen LogP contribution in [0, 0.1) is 5.92 Å². The second-order valence-corrected chi connectivity index (χ2v) is 5.77. The summed E-state index contributed by atoms with van der Waals surface area (Å²) < 4.78 is 0. The minimum absolute atomic E-state index is 0.0673. The van der Waals surface area contributed by atoms with Gasteiger partial charge in [0.2, 0.25) is 0 Å². The number of nitrogens with zero attached hydrogens (tertiary/aromatic N) is 1. The van der Waals surface area contributed by atoms with Gasteiger partial charge in [-0.2, -0.15) is 0 Å². The van der Waals surface area contributed by atoms with Crippen molar-refractivity contribution in [3.63, 3.8) is 0 Å². The van der Waals surface area contributed by atoms with E-state index in [1.165, 1.54) is 12.8 Å². The standard InChI is InChI=1S/C13H24N2O3/c1-4-7-15(9-10-5-6-10)12(18)14-13(2,3)8-11(16)17/h10H,4-9H2,1-3H3,(H,14,18)(H,16,17). The smallest absolute Gasteiger partial charge is 0.317 e. The molecule has 0 aromatic carbocycles. The zero-order chi connectivity index (χ0) is 13.8. The molecule has 104 valence electrons. The predicted molar refractivity (Wildman–Crippen MR) is 69.5 cm³/mol. The topological polar surface area (TPSA) is 69.6 Å². The molecule has 2 N–H and O–H groups in total. The Labute approximate surface area is 109 Å². The van der Waals surface area contributed by atoms with Crippen molar-refractivity contribution >= 4 is 12.0 Å². The Morgan fingerprint density at radius 2 is 2.00 bits per heavy atom. The molecule has 1 aliphatic rings. The number of carboxylic acids is 1. The first-order valence-electron chi connectivity index (χ1n) is 6.63. The molecule has 0 aromatic rings. The molecule has 1 fully saturated rings. The molecule has 1 saturated carbocycles. The molecule has 0 spiro atoms. The van der Waals surface area contributed by atoms with E-state index in [1.807, 2.05) is 6.92 Å². The first-order valence-corrected chi connectivity index (χ1v) is 6.63. The SMILES string of the molecule is CCCN(CC1CC1)C(=O)NC(C)(C)CC(=O)O. The summed E-state index contributed by atoms with van der Waals surface area (Å²) in [7, 11) is 0. The van der Waals surface area contributed by atoms with Crippen LogP contribution in [0.4, 0.5) is 4.79 Å². The van der Waals surface area contributed by atoms with E-state index in [2.05, 4.69) is 5.32 Å². The van der Waals surface area contributed by atoms with Crippen molar-refractivity contribution in [3.05, 3.63) is 0 Å². The number of carboxylic acid groups (broad SMARTS) is 1. The van der Waals surface area contributed by atoms with Crippen LogP contribution < -0.4 is 5.32 Å². The highest BCUT2D eigenvalue weighted by Crippen LogP contribution is 2.29. The fraction of sp³-hybridized carbons (Fsp3) is 0.846. The van der Waals surface area contributed by atoms with E-state index in [4.69, 9.17) is 5.11 Å². The number of aliphatic carboxylic acids is 1. The zero-order valence-electron chi connectivity index (χ0n) is 11.5. The first kappa shape index (κ1) is 14.8. The van der Waals surface area contributed by atoms with Gasteiger partial charge in [0.15, 0.2) is 0 Å². The van der Waals surface area contributed by atoms with E-state index >= 15 is 0 Å². The summed E-state index contributed by atoms with van der Waals surface area (Å²) in [6.07, 6.45) is 3.25. The monoisotopic (exact) mass is 256 g/mol. The molecule has 0 aliphatic heterocycles. The number of hydrogen-bond acceptors (Lipinski definition) is 2. The molecule has 0 bridgehead atoms. The van der Waals surface area contributed by atoms with Gasteiger partial charge in [-0.3, -0.25) is 4.79 Å². The normalized spacial score (nSPS) is 15.3. The van der Waals surface area contributed by atoms with Gasteiger partial charge < -0.3 is 15.3 Å². The molecular formula is C13H24N2O3. The Hall–Kier alpha value is -1.26. The van der Waals surface area contributed by atoms with Gasteiger partial charge in [0, 0.05) is 18.6 Å². The first-order chi connectivity index (χ1) is 8.34. The van der Waals surface area contributed by atoms with Crippen LogP contribution in [0.5, 0.6) is 0 Å². The van der Waals surface area contributed by atoms with E-state index in [9.17, 15) is 9.59 Å². The van der Waals surface area contributed by atoms with Crippen LogP contribution in [-0.2, 0) is 4.79 Å². The van der Waals surface area contributed by atoms with Crippen LogP contribution in [0.1, 0.15) is 46.5 Å². The maximum Gasteiger partial charge on any atom is 0.317 e. The van der Waals surface area contributed by atoms with Crippen molar-refractivity contribution in [3.8, 4) is 0 Å². The molecule has 0 heterocycles. The summed E-state index contributed by atoms with van der Waals surface area (Å²) in [6.45, 7) is 7.03. The lowest BCUT2D eigenvalue weighted by Crippen LogP contribution is -2.51. The van der Waals surface area contributed by atoms with Gasteiger partial charge in [-0.25, -0.2) is 4.79 Å². The molecule has 0 aromatic heterocycles. The zero-order valence-corrected chi connectivity index (χ0v) is 11.5. The molecule has 2 amide bonds. The summed E-state index contributed by atoms with van der Waals surface area (Å²) in [4.78, 5) is 24.6. The maximum atomic E-state index is 12.1. The molecule has 1 rings (SSSR count). The molecule has 0 saturated heterocycles. The van der Waals surface area contributed by atoms with Crippen molar-refractivity contribution in [1.29, 1.82) is 0 Å². The van der Waals surface area contributed by atoms with Crippen molar-refractivity contribution in [1.82, 2.24) is 10.2 Å². The molecule has 0 atom stereocenters. The predicted octanol–water partition coefficient (Wildman–Crippen LogP) is 2.07. The number of hydrogen-bond donors (Lipinski definition) is 2. The number of rotatable bonds is 7. The number of urea groups is 1. The van der Waals surface area contributed by atoms with E-state index < -0.39 is 11.5 Å². The summed E-state index contributed by atoms with van der Waals surface area (Å²) in [5, 5.41) is 11.6. The highest BCUT2D eigenvalue weighted by molar-refractivity contribution is 5.76. The molecule has 0 radical (unpaired) electrons. The largest absolute Gasteiger partial charge is 0.481 e. The lowest BCUT2D eigenvalue weighted by Gasteiger charge is -2.30. The van der Waals surface area contributed by atoms with E-state index in [0.717, 1.165) is 19.5 Å². The quantitative estimate of drug-likeness (QED) is 0.732. The lowest BCUT2D eigenvalue weighted by molar-refractivity contribution is -0.138. The van der Waals surface area contributed by atoms with E-state index in [1.54, 1.807) is 18.7 Å². The third-order valence-electron chi connectivity index (χ3n) is 2.99. The van der Waals surface area contributed by atoms with Crippen LogP contribution >= 0.6 is 0 Å². The van der Waals surface area contributed by atoms with Gasteiger partial charge in [0.25, 0.3) is 0 Å². The fourth-order valence-corrected chi connectivity index (χ4v) is 1.95. The van der Waals surface area contributed by atoms with Crippen LogP contribution in [-0.4, -0.2) is 40.6 Å². The highest BCUT2D eigenvalue weighted by Gasteiger charge is 2.30. The number of carbonyl (C=O) groups excluding carboxylic acids is 1. The van der Waals surface area contributed by atoms with Crippen LogP contribution in [0.25, 0.3) is 0 Å². The Bertz CT molecular complexity index is 311. The van der Waals surface area contributed by atoms with Crippen molar-refractivity contribution in [2.24, 2.45) is 5.92 Å². The minimum Gasteiger partial charge on any atom is -0.481 e. The average Bonchev–Trinajstić information content (AvgIpc) is 2.97. The fourth-order valence-electron chi connectivity index (χ4n) is 1.95. The lowest BCUT2D eigenvalue weighted by atomic mass is 10.0. The number of amides is 2. The van der Waals surface area contributed by atoms with Crippen molar-refractivity contribution in [2.45, 2.75) is 52.0 Å². The van der Waals surface area contributed by atoms with Gasteiger partial charge >= 0.3 is 12.0 Å². The average molecular weight is 256 g/mol. The second-order valence-electron chi connectivity index (χ2n) is 5.77. The number of nitrogens with one attached hydrogen (secondary N) is 1. The van der Waals surface area contributed by atoms with Gasteiger partial charge in [-0.1, -0.05) is 6.92 Å². The van der Waals surface area contributed by atoms with E-state index in [0.29, 0.717) is 5.92 Å². The van der Waals surface area contributed by atoms with Crippen molar-refractivity contribution in [2.75, 3.05) is 13.1 Å². The van der Waals surface area contributed by atoms with Crippen LogP contribution in [0.3, 0.4) is 0 Å². The van der Waals surface area contributed by atoms with Crippen LogP contribution in [0.15, 0.2) is 0 Å². The Kier molecular flexibility index (Phi) is 4.99. The van der Waals surface area contributed by atoms with Crippen LogP contribution in [0.2, 0.25) is 0 Å². The Morgan fingerprint density at radius 3 is 2.44 bits per heavy atom. The summed E-state index contributed by atoms with van der Waals surface area (Å²) >= 11 is 0. The Morgan fingerprint density at radius 1 is 1.39 bits per heavy atom. The Balaban J connectivity index is 2.50. The van der Waals surface area contributed by atoms with Gasteiger partial charge in [0.05, 0.1) is 6.42 Å². The third kappa shape index (κ3) is 5.38. The molecule has 0 unspecified atom stereocenters. The van der Waals surface area contributed by atoms with Gasteiger partial charge in [0.1, 0.15) is 0 Å². The number of carbonyl (C=O) groups is 2. The molecule has 1 aliphatic carbocycles. The summed E-state index contributed by atoms with van der Waals surface area (Å²) in [6, 6.07) is -0.144. The molecular weight excluding hydrogens is 232 g/mol. The second kappa shape index (κ2) is 6.07. The third-order valence-corrected chi connectivity index (χ3v) is 2.99. The molecule has 18 heavy (non-hydrogen) atoms. The summed E-state index contributed by atoms with van der Waals surface area (Å²) in [5.41, 5.74) is -0.710. The highest BCUT2D eigenvalue weighted by atomic mass is 16.4. The van der Waals surface area contributed by atoms with Gasteiger partial charge in [-0.05, 0) is 39.0 Å².